The lowest BCUT2D eigenvalue weighted by Crippen LogP contribution is -2.29. The van der Waals surface area contributed by atoms with E-state index in [4.69, 9.17) is 19.9 Å². The van der Waals surface area contributed by atoms with Gasteiger partial charge in [0.1, 0.15) is 11.9 Å². The molecule has 1 aliphatic rings. The fourth-order valence-electron chi connectivity index (χ4n) is 2.38. The summed E-state index contributed by atoms with van der Waals surface area (Å²) >= 11 is 0. The molecule has 0 aromatic heterocycles. The molecule has 3 unspecified atom stereocenters. The highest BCUT2D eigenvalue weighted by Crippen LogP contribution is 2.30. The number of methoxy groups -OCH3 is 1. The van der Waals surface area contributed by atoms with Gasteiger partial charge in [-0.25, -0.2) is 0 Å². The Balaban J connectivity index is 2.05. The largest absolute Gasteiger partial charge is 0.496 e. The molecular weight excluding hydrogens is 242 g/mol. The fourth-order valence-corrected chi connectivity index (χ4v) is 2.38. The molecule has 0 radical (unpaired) electrons. The summed E-state index contributed by atoms with van der Waals surface area (Å²) in [6.07, 6.45) is 0.925. The van der Waals surface area contributed by atoms with Crippen molar-refractivity contribution in [1.82, 2.24) is 0 Å². The zero-order chi connectivity index (χ0) is 13.7. The molecule has 1 aliphatic heterocycles. The molecule has 106 valence electrons. The van der Waals surface area contributed by atoms with Crippen LogP contribution in [0.25, 0.3) is 0 Å². The van der Waals surface area contributed by atoms with E-state index in [2.05, 4.69) is 0 Å². The third kappa shape index (κ3) is 3.69. The van der Waals surface area contributed by atoms with E-state index in [1.165, 1.54) is 0 Å². The lowest BCUT2D eigenvalue weighted by atomic mass is 10.0. The Kier molecular flexibility index (Phi) is 5.19. The fraction of sp³-hybridized carbons (Fsp3) is 0.600. The minimum atomic E-state index is -0.142. The van der Waals surface area contributed by atoms with Crippen LogP contribution in [0.1, 0.15) is 25.0 Å². The van der Waals surface area contributed by atoms with Crippen molar-refractivity contribution in [1.29, 1.82) is 0 Å². The predicted octanol–water partition coefficient (Wildman–Crippen LogP) is 2.14. The molecule has 0 saturated carbocycles. The number of hydrogen-bond acceptors (Lipinski definition) is 4. The van der Waals surface area contributed by atoms with Gasteiger partial charge in [-0.1, -0.05) is 18.2 Å². The smallest absolute Gasteiger partial charge is 0.124 e. The van der Waals surface area contributed by atoms with Gasteiger partial charge in [-0.15, -0.1) is 0 Å². The molecule has 1 aromatic rings. The molecule has 0 aliphatic carbocycles. The van der Waals surface area contributed by atoms with Crippen LogP contribution in [0.3, 0.4) is 0 Å². The Hall–Kier alpha value is -1.10. The molecule has 0 bridgehead atoms. The van der Waals surface area contributed by atoms with Crippen LogP contribution in [0.2, 0.25) is 0 Å². The molecule has 1 saturated heterocycles. The van der Waals surface area contributed by atoms with Gasteiger partial charge >= 0.3 is 0 Å². The quantitative estimate of drug-likeness (QED) is 0.856. The van der Waals surface area contributed by atoms with E-state index in [1.54, 1.807) is 7.11 Å². The molecule has 3 atom stereocenters. The lowest BCUT2D eigenvalue weighted by Gasteiger charge is -2.25. The van der Waals surface area contributed by atoms with Crippen molar-refractivity contribution in [3.63, 3.8) is 0 Å². The van der Waals surface area contributed by atoms with Crippen LogP contribution in [-0.2, 0) is 9.47 Å². The molecule has 1 heterocycles. The van der Waals surface area contributed by atoms with Crippen LogP contribution in [0.5, 0.6) is 5.75 Å². The molecule has 1 aromatic carbocycles. The number of rotatable bonds is 6. The minimum absolute atomic E-state index is 0.0846. The number of hydrogen-bond donors (Lipinski definition) is 1. The van der Waals surface area contributed by atoms with Crippen molar-refractivity contribution in [2.24, 2.45) is 11.7 Å². The molecule has 2 rings (SSSR count). The Labute approximate surface area is 114 Å². The van der Waals surface area contributed by atoms with Gasteiger partial charge in [0.05, 0.1) is 20.3 Å². The van der Waals surface area contributed by atoms with E-state index in [-0.39, 0.29) is 12.1 Å². The molecule has 19 heavy (non-hydrogen) atoms. The van der Waals surface area contributed by atoms with Crippen molar-refractivity contribution >= 4 is 0 Å². The van der Waals surface area contributed by atoms with Crippen molar-refractivity contribution < 1.29 is 14.2 Å². The normalized spacial score (nSPS) is 22.2. The molecule has 4 heteroatoms. The summed E-state index contributed by atoms with van der Waals surface area (Å²) in [4.78, 5) is 0. The lowest BCUT2D eigenvalue weighted by molar-refractivity contribution is 0.0122. The van der Waals surface area contributed by atoms with Gasteiger partial charge in [0.15, 0.2) is 0 Å². The standard InChI is InChI=1S/C15H23NO3/c1-11(16)15(19-10-12-7-8-18-9-12)13-5-3-4-6-14(13)17-2/h3-6,11-12,15H,7-10,16H2,1-2H3. The third-order valence-electron chi connectivity index (χ3n) is 3.46. The topological polar surface area (TPSA) is 53.7 Å². The van der Waals surface area contributed by atoms with E-state index in [0.717, 1.165) is 30.9 Å². The summed E-state index contributed by atoms with van der Waals surface area (Å²) in [5.74, 6) is 1.31. The number of para-hydroxylation sites is 1. The molecule has 0 spiro atoms. The Morgan fingerprint density at radius 3 is 2.84 bits per heavy atom. The highest BCUT2D eigenvalue weighted by Gasteiger charge is 2.23. The van der Waals surface area contributed by atoms with E-state index >= 15 is 0 Å². The average molecular weight is 265 g/mol. The van der Waals surface area contributed by atoms with Crippen LogP contribution in [-0.4, -0.2) is 33.0 Å². The van der Waals surface area contributed by atoms with E-state index < -0.39 is 0 Å². The number of ether oxygens (including phenoxy) is 3. The first-order valence-corrected chi connectivity index (χ1v) is 6.80. The van der Waals surface area contributed by atoms with Crippen molar-refractivity contribution in [2.75, 3.05) is 26.9 Å². The summed E-state index contributed by atoms with van der Waals surface area (Å²) in [5, 5.41) is 0. The first-order valence-electron chi connectivity index (χ1n) is 6.80. The maximum atomic E-state index is 6.07. The van der Waals surface area contributed by atoms with Crippen molar-refractivity contribution in [2.45, 2.75) is 25.5 Å². The Morgan fingerprint density at radius 2 is 2.21 bits per heavy atom. The van der Waals surface area contributed by atoms with Gasteiger partial charge in [0, 0.05) is 24.1 Å². The van der Waals surface area contributed by atoms with Crippen molar-refractivity contribution in [3.8, 4) is 5.75 Å². The van der Waals surface area contributed by atoms with E-state index in [0.29, 0.717) is 12.5 Å². The minimum Gasteiger partial charge on any atom is -0.496 e. The number of benzene rings is 1. The SMILES string of the molecule is COc1ccccc1C(OCC1CCOC1)C(C)N. The highest BCUT2D eigenvalue weighted by molar-refractivity contribution is 5.35. The van der Waals surface area contributed by atoms with Gasteiger partial charge in [-0.2, -0.15) is 0 Å². The Bertz CT molecular complexity index is 389. The predicted molar refractivity (Wildman–Crippen MR) is 74.3 cm³/mol. The zero-order valence-electron chi connectivity index (χ0n) is 11.7. The molecule has 1 fully saturated rings. The van der Waals surface area contributed by atoms with Gasteiger partial charge < -0.3 is 19.9 Å². The maximum Gasteiger partial charge on any atom is 0.124 e. The summed E-state index contributed by atoms with van der Waals surface area (Å²) < 4.78 is 16.8. The van der Waals surface area contributed by atoms with Crippen LogP contribution in [0.15, 0.2) is 24.3 Å². The summed E-state index contributed by atoms with van der Waals surface area (Å²) in [6, 6.07) is 7.80. The Morgan fingerprint density at radius 1 is 1.42 bits per heavy atom. The van der Waals surface area contributed by atoms with Crippen LogP contribution in [0, 0.1) is 5.92 Å². The van der Waals surface area contributed by atoms with Gasteiger partial charge in [-0.3, -0.25) is 0 Å². The first-order chi connectivity index (χ1) is 9.22. The zero-order valence-corrected chi connectivity index (χ0v) is 11.7. The van der Waals surface area contributed by atoms with Gasteiger partial charge in [-0.05, 0) is 19.4 Å². The maximum absolute atomic E-state index is 6.07. The second-order valence-corrected chi connectivity index (χ2v) is 5.08. The summed E-state index contributed by atoms with van der Waals surface area (Å²) in [7, 11) is 1.67. The van der Waals surface area contributed by atoms with E-state index in [9.17, 15) is 0 Å². The van der Waals surface area contributed by atoms with Gasteiger partial charge in [0.2, 0.25) is 0 Å². The molecule has 2 N–H and O–H groups in total. The molecular formula is C15H23NO3. The van der Waals surface area contributed by atoms with Crippen molar-refractivity contribution in [3.05, 3.63) is 29.8 Å². The molecule has 0 amide bonds. The second kappa shape index (κ2) is 6.89. The van der Waals surface area contributed by atoms with Gasteiger partial charge in [0.25, 0.3) is 0 Å². The number of nitrogens with two attached hydrogens (primary N) is 1. The highest BCUT2D eigenvalue weighted by atomic mass is 16.5. The van der Waals surface area contributed by atoms with Crippen LogP contribution < -0.4 is 10.5 Å². The van der Waals surface area contributed by atoms with Crippen LogP contribution >= 0.6 is 0 Å². The third-order valence-corrected chi connectivity index (χ3v) is 3.46. The second-order valence-electron chi connectivity index (χ2n) is 5.08. The first kappa shape index (κ1) is 14.3. The average Bonchev–Trinajstić information content (AvgIpc) is 2.92. The van der Waals surface area contributed by atoms with Crippen LogP contribution in [0.4, 0.5) is 0 Å². The summed E-state index contributed by atoms with van der Waals surface area (Å²) in [6.45, 7) is 4.27. The van der Waals surface area contributed by atoms with E-state index in [1.807, 2.05) is 31.2 Å². The monoisotopic (exact) mass is 265 g/mol. The summed E-state index contributed by atoms with van der Waals surface area (Å²) in [5.41, 5.74) is 7.08. The molecule has 4 nitrogen and oxygen atoms in total.